The standard InChI is InChI=1S/C25H26O3.H2O.Zn/c1-24(2,17-11-7-5-8-12-17)19-15-20(23(27)28)22(26)21(16-19)25(3,4)18-13-9-6-10-14-18;;/h5-16,26H,1-4H3,(H,27,28);1H2;. The molecule has 3 aromatic carbocycles. The number of carbonyl (C=O) groups is 1. The molecule has 0 radical (unpaired) electrons. The molecule has 0 unspecified atom stereocenters. The van der Waals surface area contributed by atoms with Crippen LogP contribution >= 0.6 is 0 Å². The van der Waals surface area contributed by atoms with Crippen molar-refractivity contribution in [2.24, 2.45) is 0 Å². The topological polar surface area (TPSA) is 89.0 Å². The molecule has 4 N–H and O–H groups in total. The number of carboxylic acid groups (broad SMARTS) is 1. The van der Waals surface area contributed by atoms with Gasteiger partial charge in [-0.15, -0.1) is 0 Å². The van der Waals surface area contributed by atoms with Gasteiger partial charge in [0.25, 0.3) is 0 Å². The van der Waals surface area contributed by atoms with Crippen molar-refractivity contribution in [1.82, 2.24) is 0 Å². The summed E-state index contributed by atoms with van der Waals surface area (Å²) in [7, 11) is 0. The Bertz CT molecular complexity index is 996. The van der Waals surface area contributed by atoms with Crippen LogP contribution in [0.2, 0.25) is 0 Å². The third-order valence-corrected chi connectivity index (χ3v) is 5.73. The first-order valence-electron chi connectivity index (χ1n) is 9.38. The third-order valence-electron chi connectivity index (χ3n) is 5.73. The molecule has 0 spiro atoms. The van der Waals surface area contributed by atoms with Gasteiger partial charge in [0.2, 0.25) is 0 Å². The molecule has 0 aliphatic heterocycles. The first-order valence-corrected chi connectivity index (χ1v) is 9.38. The Morgan fingerprint density at radius 1 is 0.733 bits per heavy atom. The second kappa shape index (κ2) is 9.55. The zero-order valence-electron chi connectivity index (χ0n) is 17.9. The molecule has 3 aromatic rings. The molecule has 0 aromatic heterocycles. The van der Waals surface area contributed by atoms with Crippen LogP contribution in [0.25, 0.3) is 0 Å². The second-order valence-corrected chi connectivity index (χ2v) is 8.21. The summed E-state index contributed by atoms with van der Waals surface area (Å²) in [6.45, 7) is 8.14. The fraction of sp³-hybridized carbons (Fsp3) is 0.240. The average molecular weight is 458 g/mol. The van der Waals surface area contributed by atoms with Crippen LogP contribution in [-0.2, 0) is 30.3 Å². The van der Waals surface area contributed by atoms with Gasteiger partial charge in [0.05, 0.1) is 0 Å². The summed E-state index contributed by atoms with van der Waals surface area (Å²) in [5.41, 5.74) is 2.52. The molecule has 0 bridgehead atoms. The molecule has 154 valence electrons. The molecular weight excluding hydrogens is 430 g/mol. The predicted octanol–water partition coefficient (Wildman–Crippen LogP) is 4.92. The van der Waals surface area contributed by atoms with Crippen LogP contribution in [0.4, 0.5) is 0 Å². The molecule has 3 rings (SSSR count). The van der Waals surface area contributed by atoms with Gasteiger partial charge in [-0.1, -0.05) is 94.4 Å². The molecule has 30 heavy (non-hydrogen) atoms. The largest absolute Gasteiger partial charge is 0.507 e. The molecule has 0 aliphatic carbocycles. The van der Waals surface area contributed by atoms with E-state index >= 15 is 0 Å². The smallest absolute Gasteiger partial charge is 0.339 e. The molecule has 0 atom stereocenters. The van der Waals surface area contributed by atoms with Crippen LogP contribution in [0.3, 0.4) is 0 Å². The predicted molar refractivity (Wildman–Crippen MR) is 116 cm³/mol. The summed E-state index contributed by atoms with van der Waals surface area (Å²) in [4.78, 5) is 11.9. The van der Waals surface area contributed by atoms with Gasteiger partial charge in [0.15, 0.2) is 0 Å². The number of aromatic carboxylic acids is 1. The van der Waals surface area contributed by atoms with E-state index in [4.69, 9.17) is 0 Å². The maximum absolute atomic E-state index is 11.9. The van der Waals surface area contributed by atoms with Gasteiger partial charge in [-0.25, -0.2) is 4.79 Å². The fourth-order valence-corrected chi connectivity index (χ4v) is 3.67. The Kier molecular flexibility index (Phi) is 8.13. The minimum absolute atomic E-state index is 0. The zero-order chi connectivity index (χ0) is 20.5. The zero-order valence-corrected chi connectivity index (χ0v) is 20.9. The number of hydrogen-bond donors (Lipinski definition) is 2. The van der Waals surface area contributed by atoms with Crippen LogP contribution < -0.4 is 0 Å². The molecule has 0 amide bonds. The van der Waals surface area contributed by atoms with Crippen molar-refractivity contribution in [3.63, 3.8) is 0 Å². The second-order valence-electron chi connectivity index (χ2n) is 8.21. The van der Waals surface area contributed by atoms with Gasteiger partial charge in [0, 0.05) is 35.9 Å². The molecule has 4 nitrogen and oxygen atoms in total. The van der Waals surface area contributed by atoms with Gasteiger partial charge in [0.1, 0.15) is 11.3 Å². The van der Waals surface area contributed by atoms with E-state index in [9.17, 15) is 15.0 Å². The van der Waals surface area contributed by atoms with Crippen molar-refractivity contribution < 1.29 is 40.0 Å². The van der Waals surface area contributed by atoms with Gasteiger partial charge in [-0.2, -0.15) is 0 Å². The van der Waals surface area contributed by atoms with E-state index in [1.807, 2.05) is 80.6 Å². The Morgan fingerprint density at radius 2 is 1.17 bits per heavy atom. The fourth-order valence-electron chi connectivity index (χ4n) is 3.67. The van der Waals surface area contributed by atoms with Crippen molar-refractivity contribution in [2.75, 3.05) is 0 Å². The summed E-state index contributed by atoms with van der Waals surface area (Å²) in [5.74, 6) is -1.30. The maximum atomic E-state index is 11.9. The van der Waals surface area contributed by atoms with E-state index in [2.05, 4.69) is 13.8 Å². The van der Waals surface area contributed by atoms with Crippen molar-refractivity contribution in [3.8, 4) is 5.75 Å². The minimum atomic E-state index is -1.13. The van der Waals surface area contributed by atoms with Crippen LogP contribution in [0, 0.1) is 0 Å². The molecule has 0 aliphatic rings. The van der Waals surface area contributed by atoms with Gasteiger partial charge < -0.3 is 15.7 Å². The van der Waals surface area contributed by atoms with E-state index < -0.39 is 16.8 Å². The van der Waals surface area contributed by atoms with E-state index in [0.29, 0.717) is 5.56 Å². The van der Waals surface area contributed by atoms with Crippen LogP contribution in [0.1, 0.15) is 60.3 Å². The summed E-state index contributed by atoms with van der Waals surface area (Å²) >= 11 is 0. The normalized spacial score (nSPS) is 11.2. The molecule has 0 saturated heterocycles. The van der Waals surface area contributed by atoms with Crippen molar-refractivity contribution >= 4 is 5.97 Å². The quantitative estimate of drug-likeness (QED) is 0.533. The van der Waals surface area contributed by atoms with Crippen LogP contribution in [-0.4, -0.2) is 21.7 Å². The average Bonchev–Trinajstić information content (AvgIpc) is 2.69. The summed E-state index contributed by atoms with van der Waals surface area (Å²) in [5, 5.41) is 20.6. The maximum Gasteiger partial charge on any atom is 0.339 e. The van der Waals surface area contributed by atoms with Crippen LogP contribution in [0.15, 0.2) is 72.8 Å². The number of phenols is 1. The van der Waals surface area contributed by atoms with Crippen molar-refractivity contribution in [1.29, 1.82) is 0 Å². The minimum Gasteiger partial charge on any atom is -0.507 e. The van der Waals surface area contributed by atoms with E-state index in [1.165, 1.54) is 0 Å². The van der Waals surface area contributed by atoms with Crippen molar-refractivity contribution in [3.05, 3.63) is 101 Å². The summed E-state index contributed by atoms with van der Waals surface area (Å²) in [6, 6.07) is 23.4. The van der Waals surface area contributed by atoms with Gasteiger partial charge >= 0.3 is 5.97 Å². The van der Waals surface area contributed by atoms with Crippen molar-refractivity contribution in [2.45, 2.75) is 38.5 Å². The molecule has 0 fully saturated rings. The third kappa shape index (κ3) is 4.63. The first kappa shape index (κ1) is 25.5. The van der Waals surface area contributed by atoms with E-state index in [-0.39, 0.29) is 36.3 Å². The number of rotatable bonds is 5. The number of hydrogen-bond acceptors (Lipinski definition) is 2. The number of carboxylic acids is 1. The molecular formula is C25H28O4Zn. The van der Waals surface area contributed by atoms with Gasteiger partial charge in [-0.05, 0) is 22.8 Å². The van der Waals surface area contributed by atoms with E-state index in [1.54, 1.807) is 6.07 Å². The summed E-state index contributed by atoms with van der Waals surface area (Å²) < 4.78 is 0. The molecule has 5 heteroatoms. The first-order chi connectivity index (χ1) is 13.2. The molecule has 0 heterocycles. The Morgan fingerprint density at radius 3 is 1.60 bits per heavy atom. The Hall–Kier alpha value is -2.49. The van der Waals surface area contributed by atoms with Crippen LogP contribution in [0.5, 0.6) is 5.75 Å². The van der Waals surface area contributed by atoms with E-state index in [0.717, 1.165) is 16.7 Å². The number of benzene rings is 3. The number of aromatic hydroxyl groups is 1. The monoisotopic (exact) mass is 456 g/mol. The molecule has 0 saturated carbocycles. The summed E-state index contributed by atoms with van der Waals surface area (Å²) in [6.07, 6.45) is 0. The van der Waals surface area contributed by atoms with Gasteiger partial charge in [-0.3, -0.25) is 0 Å². The Labute approximate surface area is 190 Å². The SMILES string of the molecule is CC(C)(c1ccccc1)c1cc(C(=O)O)c(O)c(C(C)(C)c2ccccc2)c1.O.[Zn]. The Balaban J connectivity index is 0.00000225.